The molecule has 5 rings (SSSR count). The molecule has 1 aromatic heterocycles. The summed E-state index contributed by atoms with van der Waals surface area (Å²) >= 11 is 1.57. The van der Waals surface area contributed by atoms with Crippen molar-refractivity contribution in [3.05, 3.63) is 46.2 Å². The molecule has 45 heavy (non-hydrogen) atoms. The number of nitrogens with one attached hydrogen (secondary N) is 2. The van der Waals surface area contributed by atoms with Crippen LogP contribution in [0.5, 0.6) is 11.5 Å². The van der Waals surface area contributed by atoms with Gasteiger partial charge in [0.05, 0.1) is 26.2 Å². The van der Waals surface area contributed by atoms with Crippen molar-refractivity contribution in [3.63, 3.8) is 0 Å². The van der Waals surface area contributed by atoms with Crippen LogP contribution in [0.4, 0.5) is 4.79 Å². The van der Waals surface area contributed by atoms with Gasteiger partial charge in [0.2, 0.25) is 11.8 Å². The number of hydrogen-bond acceptors (Lipinski definition) is 8. The van der Waals surface area contributed by atoms with Crippen LogP contribution in [0.2, 0.25) is 0 Å². The molecule has 0 unspecified atom stereocenters. The predicted molar refractivity (Wildman–Crippen MR) is 175 cm³/mol. The highest BCUT2D eigenvalue weighted by atomic mass is 32.1. The number of piperazine rings is 1. The van der Waals surface area contributed by atoms with Gasteiger partial charge in [0, 0.05) is 30.6 Å². The number of rotatable bonds is 11. The quantitative estimate of drug-likeness (QED) is 0.322. The molecule has 11 heteroatoms. The summed E-state index contributed by atoms with van der Waals surface area (Å²) in [5.41, 5.74) is 6.61. The van der Waals surface area contributed by atoms with E-state index in [4.69, 9.17) is 15.2 Å². The molecular weight excluding hydrogens is 590 g/mol. The number of ether oxygens (including phenoxy) is 2. The molecule has 2 aromatic rings. The van der Waals surface area contributed by atoms with Crippen molar-refractivity contribution in [2.45, 2.75) is 102 Å². The minimum Gasteiger partial charge on any atom is -0.493 e. The lowest BCUT2D eigenvalue weighted by molar-refractivity contribution is -0.145. The van der Waals surface area contributed by atoms with Crippen LogP contribution in [0.15, 0.2) is 35.7 Å². The smallest absolute Gasteiger partial charge is 0.415 e. The monoisotopic (exact) mass is 639 g/mol. The summed E-state index contributed by atoms with van der Waals surface area (Å²) < 4.78 is 11.2. The van der Waals surface area contributed by atoms with Crippen molar-refractivity contribution in [1.82, 2.24) is 20.4 Å². The van der Waals surface area contributed by atoms with E-state index in [9.17, 15) is 14.4 Å². The topological polar surface area (TPSA) is 126 Å². The first-order chi connectivity index (χ1) is 21.9. The van der Waals surface area contributed by atoms with Crippen LogP contribution >= 0.6 is 11.3 Å². The lowest BCUT2D eigenvalue weighted by Gasteiger charge is -2.42. The Bertz CT molecular complexity index is 1240. The summed E-state index contributed by atoms with van der Waals surface area (Å²) in [4.78, 5) is 45.9. The van der Waals surface area contributed by atoms with Gasteiger partial charge in [-0.05, 0) is 54.3 Å². The van der Waals surface area contributed by atoms with Gasteiger partial charge in [0.1, 0.15) is 6.04 Å². The number of amides is 3. The van der Waals surface area contributed by atoms with Crippen molar-refractivity contribution in [2.75, 3.05) is 26.7 Å². The maximum atomic E-state index is 14.4. The number of nitrogens with zero attached hydrogens (tertiary/aromatic N) is 2. The fraction of sp³-hybridized carbons (Fsp3) is 0.618. The van der Waals surface area contributed by atoms with E-state index in [1.54, 1.807) is 34.4 Å². The molecule has 2 aliphatic carbocycles. The van der Waals surface area contributed by atoms with Crippen LogP contribution < -0.4 is 25.8 Å². The summed E-state index contributed by atoms with van der Waals surface area (Å²) in [6.45, 7) is 1.27. The zero-order valence-corrected chi connectivity index (χ0v) is 27.3. The van der Waals surface area contributed by atoms with Gasteiger partial charge in [0.25, 0.3) is 0 Å². The number of carbonyl (C=O) groups is 3. The van der Waals surface area contributed by atoms with Crippen LogP contribution in [-0.4, -0.2) is 72.6 Å². The number of benzene rings is 1. The molecule has 4 N–H and O–H groups in total. The van der Waals surface area contributed by atoms with E-state index in [1.807, 2.05) is 17.5 Å². The highest BCUT2D eigenvalue weighted by molar-refractivity contribution is 7.09. The highest BCUT2D eigenvalue weighted by Crippen LogP contribution is 2.31. The van der Waals surface area contributed by atoms with Gasteiger partial charge in [-0.3, -0.25) is 9.59 Å². The first-order valence-electron chi connectivity index (χ1n) is 16.7. The van der Waals surface area contributed by atoms with Crippen LogP contribution in [0, 0.1) is 5.92 Å². The third-order valence-electron chi connectivity index (χ3n) is 9.54. The third kappa shape index (κ3) is 8.98. The van der Waals surface area contributed by atoms with Gasteiger partial charge in [-0.15, -0.1) is 11.3 Å². The molecule has 0 radical (unpaired) electrons. The zero-order chi connectivity index (χ0) is 31.6. The van der Waals surface area contributed by atoms with E-state index in [1.165, 1.54) is 50.5 Å². The maximum Gasteiger partial charge on any atom is 0.415 e. The highest BCUT2D eigenvalue weighted by Gasteiger charge is 2.41. The summed E-state index contributed by atoms with van der Waals surface area (Å²) in [6, 6.07) is 8.25. The Morgan fingerprint density at radius 1 is 1.00 bits per heavy atom. The molecule has 2 atom stereocenters. The second-order valence-corrected chi connectivity index (χ2v) is 13.7. The van der Waals surface area contributed by atoms with Gasteiger partial charge in [-0.1, -0.05) is 63.5 Å². The van der Waals surface area contributed by atoms with Crippen molar-refractivity contribution in [3.8, 4) is 11.5 Å². The minimum absolute atomic E-state index is 0.0329. The Balaban J connectivity index is 1.33. The average Bonchev–Trinajstić information content (AvgIpc) is 3.61. The molecule has 0 bridgehead atoms. The van der Waals surface area contributed by atoms with Crippen molar-refractivity contribution in [2.24, 2.45) is 11.7 Å². The fourth-order valence-corrected chi connectivity index (χ4v) is 7.62. The van der Waals surface area contributed by atoms with Crippen molar-refractivity contribution < 1.29 is 23.9 Å². The summed E-state index contributed by atoms with van der Waals surface area (Å²) in [6.07, 6.45) is 11.9. The molecule has 246 valence electrons. The molecule has 10 nitrogen and oxygen atoms in total. The fourth-order valence-electron chi connectivity index (χ4n) is 6.97. The number of nitrogens with two attached hydrogens (primary N) is 1. The lowest BCUT2D eigenvalue weighted by Crippen LogP contribution is -2.64. The molecule has 1 saturated heterocycles. The van der Waals surface area contributed by atoms with Crippen LogP contribution in [-0.2, 0) is 22.7 Å². The van der Waals surface area contributed by atoms with Crippen LogP contribution in [0.3, 0.4) is 0 Å². The maximum absolute atomic E-state index is 14.4. The van der Waals surface area contributed by atoms with Crippen molar-refractivity contribution >= 4 is 29.2 Å². The van der Waals surface area contributed by atoms with Crippen LogP contribution in [0.1, 0.15) is 81.1 Å². The molecule has 3 amide bonds. The summed E-state index contributed by atoms with van der Waals surface area (Å²) in [5, 5.41) is 8.75. The Kier molecular flexibility index (Phi) is 12.1. The third-order valence-corrected chi connectivity index (χ3v) is 10.4. The second kappa shape index (κ2) is 16.4. The van der Waals surface area contributed by atoms with Gasteiger partial charge in [0.15, 0.2) is 11.5 Å². The van der Waals surface area contributed by atoms with E-state index in [0.717, 1.165) is 42.5 Å². The number of carbonyl (C=O) groups excluding carboxylic acids is 3. The zero-order valence-electron chi connectivity index (χ0n) is 26.5. The molecule has 3 aliphatic rings. The van der Waals surface area contributed by atoms with Gasteiger partial charge in [-0.2, -0.15) is 0 Å². The van der Waals surface area contributed by atoms with Gasteiger partial charge < -0.3 is 35.6 Å². The number of hydrogen-bond donors (Lipinski definition) is 3. The lowest BCUT2D eigenvalue weighted by atomic mass is 9.83. The molecule has 2 heterocycles. The Hall–Kier alpha value is -3.15. The molecule has 0 spiro atoms. The second-order valence-electron chi connectivity index (χ2n) is 12.6. The molecular formula is C34H49N5O5S. The Labute approximate surface area is 271 Å². The SMILES string of the molecule is COc1cc(CN)ccc1OC(=O)N1CCN(C(=O)[C@@H](CC2CCCCC2)NC2CCCCC2)[C@H](C(=O)NCc2cccs2)C1. The van der Waals surface area contributed by atoms with E-state index in [0.29, 0.717) is 30.8 Å². The largest absolute Gasteiger partial charge is 0.493 e. The van der Waals surface area contributed by atoms with Gasteiger partial charge >= 0.3 is 6.09 Å². The normalized spacial score (nSPS) is 20.4. The molecule has 3 fully saturated rings. The Morgan fingerprint density at radius 2 is 1.76 bits per heavy atom. The summed E-state index contributed by atoms with van der Waals surface area (Å²) in [7, 11) is 1.51. The summed E-state index contributed by atoms with van der Waals surface area (Å²) in [5.74, 6) is 0.889. The molecule has 1 aromatic carbocycles. The average molecular weight is 640 g/mol. The first-order valence-corrected chi connectivity index (χ1v) is 17.5. The van der Waals surface area contributed by atoms with E-state index < -0.39 is 12.1 Å². The van der Waals surface area contributed by atoms with E-state index in [-0.39, 0.29) is 43.2 Å². The Morgan fingerprint density at radius 3 is 2.44 bits per heavy atom. The van der Waals surface area contributed by atoms with Crippen LogP contribution in [0.25, 0.3) is 0 Å². The van der Waals surface area contributed by atoms with E-state index in [2.05, 4.69) is 10.6 Å². The molecule has 2 saturated carbocycles. The first kappa shape index (κ1) is 33.2. The predicted octanol–water partition coefficient (Wildman–Crippen LogP) is 4.80. The minimum atomic E-state index is -0.831. The number of methoxy groups -OCH3 is 1. The van der Waals surface area contributed by atoms with Crippen molar-refractivity contribution in [1.29, 1.82) is 0 Å². The number of thiophene rings is 1. The van der Waals surface area contributed by atoms with Gasteiger partial charge in [-0.25, -0.2) is 4.79 Å². The standard InChI is InChI=1S/C34H49N5O5S/c1-43-31-20-25(21-35)14-15-30(31)44-34(42)38-16-17-39(29(23-38)32(40)36-22-27-13-8-18-45-27)33(41)28(19-24-9-4-2-5-10-24)37-26-11-6-3-7-12-26/h8,13-15,18,20,24,26,28-29,37H,2-7,9-12,16-17,19,21-23,35H2,1H3,(H,36,40)/t28-,29+/m1/s1. The molecule has 1 aliphatic heterocycles. The van der Waals surface area contributed by atoms with E-state index >= 15 is 0 Å².